The van der Waals surface area contributed by atoms with E-state index in [1.165, 1.54) is 15.7 Å². The number of rotatable bonds is 4. The largest absolute Gasteiger partial charge is 0.378 e. The lowest BCUT2D eigenvalue weighted by Crippen LogP contribution is -2.32. The van der Waals surface area contributed by atoms with Gasteiger partial charge in [-0.15, -0.1) is 0 Å². The Morgan fingerprint density at radius 2 is 2.30 bits per heavy atom. The molecule has 1 atom stereocenters. The molecule has 1 amide bonds. The molecule has 124 valence electrons. The van der Waals surface area contributed by atoms with Crippen LogP contribution in [-0.2, 0) is 4.74 Å². The predicted molar refractivity (Wildman–Crippen MR) is 85.1 cm³/mol. The maximum absolute atomic E-state index is 14.4. The van der Waals surface area contributed by atoms with Gasteiger partial charge in [0.1, 0.15) is 5.65 Å². The van der Waals surface area contributed by atoms with E-state index in [-0.39, 0.29) is 17.7 Å². The smallest absolute Gasteiger partial charge is 0.276 e. The van der Waals surface area contributed by atoms with Crippen LogP contribution in [0.3, 0.4) is 0 Å². The number of carbonyl (C=O) groups is 1. The Bertz CT molecular complexity index is 707. The van der Waals surface area contributed by atoms with E-state index in [1.54, 1.807) is 19.3 Å². The minimum atomic E-state index is -0.602. The van der Waals surface area contributed by atoms with Gasteiger partial charge in [0.2, 0.25) is 5.95 Å². The Morgan fingerprint density at radius 1 is 1.48 bits per heavy atom. The lowest BCUT2D eigenvalue weighted by Gasteiger charge is -2.25. The molecular formula is C17H22FN3O2. The van der Waals surface area contributed by atoms with Crippen LogP contribution < -0.4 is 0 Å². The van der Waals surface area contributed by atoms with Gasteiger partial charge in [-0.3, -0.25) is 9.20 Å². The van der Waals surface area contributed by atoms with Crippen molar-refractivity contribution in [2.45, 2.75) is 38.7 Å². The minimum absolute atomic E-state index is 0.123. The van der Waals surface area contributed by atoms with E-state index < -0.39 is 5.95 Å². The van der Waals surface area contributed by atoms with Crippen molar-refractivity contribution in [2.24, 2.45) is 0 Å². The van der Waals surface area contributed by atoms with Crippen molar-refractivity contribution in [1.82, 2.24) is 14.3 Å². The van der Waals surface area contributed by atoms with Gasteiger partial charge in [-0.25, -0.2) is 4.98 Å². The van der Waals surface area contributed by atoms with Crippen molar-refractivity contribution in [3.63, 3.8) is 0 Å². The molecule has 1 saturated heterocycles. The first-order valence-corrected chi connectivity index (χ1v) is 8.07. The van der Waals surface area contributed by atoms with Gasteiger partial charge >= 0.3 is 0 Å². The molecule has 1 aliphatic heterocycles. The highest BCUT2D eigenvalue weighted by molar-refractivity contribution is 5.93. The third kappa shape index (κ3) is 3.37. The molecule has 1 fully saturated rings. The molecule has 2 aromatic rings. The zero-order valence-corrected chi connectivity index (χ0v) is 13.6. The lowest BCUT2D eigenvalue weighted by atomic mass is 10.1. The average molecular weight is 319 g/mol. The van der Waals surface area contributed by atoms with Crippen LogP contribution >= 0.6 is 0 Å². The first kappa shape index (κ1) is 15.9. The number of ether oxygens (including phenoxy) is 1. The van der Waals surface area contributed by atoms with Crippen LogP contribution in [0.5, 0.6) is 0 Å². The first-order chi connectivity index (χ1) is 11.1. The van der Waals surface area contributed by atoms with E-state index in [1.807, 2.05) is 13.0 Å². The number of imidazole rings is 1. The van der Waals surface area contributed by atoms with E-state index in [4.69, 9.17) is 4.74 Å². The second kappa shape index (κ2) is 6.66. The van der Waals surface area contributed by atoms with Gasteiger partial charge in [-0.1, -0.05) is 6.07 Å². The standard InChI is InChI=1S/C17H22FN3O2/c1-12-6-7-14-19-15(16(18)21(14)11-12)17(22)20(2)9-8-13-5-3-4-10-23-13/h6-7,11,13H,3-5,8-10H2,1-2H3/t13-/m0/s1. The van der Waals surface area contributed by atoms with Crippen LogP contribution in [0, 0.1) is 12.9 Å². The van der Waals surface area contributed by atoms with E-state index in [2.05, 4.69) is 4.98 Å². The summed E-state index contributed by atoms with van der Waals surface area (Å²) in [7, 11) is 1.68. The Kier molecular flexibility index (Phi) is 4.61. The Labute approximate surface area is 135 Å². The molecule has 0 radical (unpaired) electrons. The highest BCUT2D eigenvalue weighted by Gasteiger charge is 2.23. The predicted octanol–water partition coefficient (Wildman–Crippen LogP) is 2.81. The second-order valence-electron chi connectivity index (χ2n) is 6.19. The number of pyridine rings is 1. The van der Waals surface area contributed by atoms with Crippen LogP contribution in [0.25, 0.3) is 5.65 Å². The molecule has 0 unspecified atom stereocenters. The lowest BCUT2D eigenvalue weighted by molar-refractivity contribution is 0.00703. The van der Waals surface area contributed by atoms with Gasteiger partial charge in [0, 0.05) is 26.4 Å². The molecule has 1 aliphatic rings. The Hall–Kier alpha value is -1.95. The second-order valence-corrected chi connectivity index (χ2v) is 6.19. The fourth-order valence-electron chi connectivity index (χ4n) is 2.91. The van der Waals surface area contributed by atoms with Crippen molar-refractivity contribution in [3.8, 4) is 0 Å². The third-order valence-corrected chi connectivity index (χ3v) is 4.32. The van der Waals surface area contributed by atoms with Crippen molar-refractivity contribution < 1.29 is 13.9 Å². The molecule has 0 aliphatic carbocycles. The summed E-state index contributed by atoms with van der Waals surface area (Å²) in [4.78, 5) is 18.1. The minimum Gasteiger partial charge on any atom is -0.378 e. The van der Waals surface area contributed by atoms with Crippen molar-refractivity contribution in [3.05, 3.63) is 35.5 Å². The monoisotopic (exact) mass is 319 g/mol. The topological polar surface area (TPSA) is 46.8 Å². The summed E-state index contributed by atoms with van der Waals surface area (Å²) in [6.07, 6.45) is 5.93. The van der Waals surface area contributed by atoms with Crippen LogP contribution in [0.4, 0.5) is 4.39 Å². The summed E-state index contributed by atoms with van der Waals surface area (Å²) >= 11 is 0. The number of hydrogen-bond donors (Lipinski definition) is 0. The van der Waals surface area contributed by atoms with Crippen molar-refractivity contribution in [1.29, 1.82) is 0 Å². The zero-order chi connectivity index (χ0) is 16.4. The van der Waals surface area contributed by atoms with E-state index in [0.29, 0.717) is 12.2 Å². The molecule has 2 aromatic heterocycles. The fourth-order valence-corrected chi connectivity index (χ4v) is 2.91. The average Bonchev–Trinajstić information content (AvgIpc) is 2.89. The van der Waals surface area contributed by atoms with Gasteiger partial charge < -0.3 is 9.64 Å². The number of aryl methyl sites for hydroxylation is 1. The molecule has 0 saturated carbocycles. The fraction of sp³-hybridized carbons (Fsp3) is 0.529. The summed E-state index contributed by atoms with van der Waals surface area (Å²) in [6.45, 7) is 3.20. The molecule has 6 heteroatoms. The van der Waals surface area contributed by atoms with Crippen LogP contribution in [0.15, 0.2) is 18.3 Å². The van der Waals surface area contributed by atoms with Gasteiger partial charge in [-0.05, 0) is 44.2 Å². The number of carbonyl (C=O) groups excluding carboxylic acids is 1. The number of hydrogen-bond acceptors (Lipinski definition) is 3. The molecule has 0 spiro atoms. The molecule has 0 N–H and O–H groups in total. The summed E-state index contributed by atoms with van der Waals surface area (Å²) < 4.78 is 21.4. The quantitative estimate of drug-likeness (QED) is 0.870. The van der Waals surface area contributed by atoms with Gasteiger partial charge in [0.25, 0.3) is 5.91 Å². The van der Waals surface area contributed by atoms with Crippen molar-refractivity contribution >= 4 is 11.6 Å². The summed E-state index contributed by atoms with van der Waals surface area (Å²) in [6, 6.07) is 3.56. The highest BCUT2D eigenvalue weighted by Crippen LogP contribution is 2.17. The van der Waals surface area contributed by atoms with E-state index in [0.717, 1.165) is 31.4 Å². The molecule has 3 heterocycles. The molecule has 5 nitrogen and oxygen atoms in total. The Balaban J connectivity index is 1.70. The third-order valence-electron chi connectivity index (χ3n) is 4.32. The number of halogens is 1. The number of aromatic nitrogens is 2. The number of fused-ring (bicyclic) bond motifs is 1. The SMILES string of the molecule is Cc1ccc2nc(C(=O)N(C)CC[C@@H]3CCCCO3)c(F)n2c1. The number of nitrogens with zero attached hydrogens (tertiary/aromatic N) is 3. The van der Waals surface area contributed by atoms with Gasteiger partial charge in [-0.2, -0.15) is 4.39 Å². The van der Waals surface area contributed by atoms with Gasteiger partial charge in [0.15, 0.2) is 5.69 Å². The molecule has 23 heavy (non-hydrogen) atoms. The maximum atomic E-state index is 14.4. The summed E-state index contributed by atoms with van der Waals surface area (Å²) in [5.74, 6) is -0.992. The maximum Gasteiger partial charge on any atom is 0.276 e. The Morgan fingerprint density at radius 3 is 3.04 bits per heavy atom. The molecule has 3 rings (SSSR count). The molecule has 0 bridgehead atoms. The van der Waals surface area contributed by atoms with Crippen LogP contribution in [-0.4, -0.2) is 46.5 Å². The molecular weight excluding hydrogens is 297 g/mol. The van der Waals surface area contributed by atoms with Crippen molar-refractivity contribution in [2.75, 3.05) is 20.2 Å². The highest BCUT2D eigenvalue weighted by atomic mass is 19.1. The first-order valence-electron chi connectivity index (χ1n) is 8.07. The summed E-state index contributed by atoms with van der Waals surface area (Å²) in [5.41, 5.74) is 1.23. The molecule has 0 aromatic carbocycles. The normalized spacial score (nSPS) is 18.3. The van der Waals surface area contributed by atoms with E-state index >= 15 is 0 Å². The van der Waals surface area contributed by atoms with E-state index in [9.17, 15) is 9.18 Å². The zero-order valence-electron chi connectivity index (χ0n) is 13.6. The van der Waals surface area contributed by atoms with Crippen LogP contribution in [0.2, 0.25) is 0 Å². The number of amides is 1. The van der Waals surface area contributed by atoms with Gasteiger partial charge in [0.05, 0.1) is 6.10 Å². The van der Waals surface area contributed by atoms with Crippen LogP contribution in [0.1, 0.15) is 41.7 Å². The summed E-state index contributed by atoms with van der Waals surface area (Å²) in [5, 5.41) is 0.